The Balaban J connectivity index is 1.64. The fraction of sp³-hybridized carbons (Fsp3) is 0.435. The minimum atomic E-state index is -4.17. The summed E-state index contributed by atoms with van der Waals surface area (Å²) in [5, 5.41) is 22.6. The van der Waals surface area contributed by atoms with Gasteiger partial charge in [-0.3, -0.25) is 4.79 Å². The van der Waals surface area contributed by atoms with Crippen molar-refractivity contribution in [3.63, 3.8) is 0 Å². The van der Waals surface area contributed by atoms with E-state index in [4.69, 9.17) is 16.3 Å². The van der Waals surface area contributed by atoms with Crippen LogP contribution in [0.4, 0.5) is 18.9 Å². The molecule has 2 unspecified atom stereocenters. The van der Waals surface area contributed by atoms with E-state index in [-0.39, 0.29) is 34.2 Å². The molecule has 35 heavy (non-hydrogen) atoms. The van der Waals surface area contributed by atoms with Gasteiger partial charge in [0, 0.05) is 36.4 Å². The molecule has 190 valence electrons. The van der Waals surface area contributed by atoms with Gasteiger partial charge in [0.2, 0.25) is 0 Å². The number of hydrogen-bond donors (Lipinski definition) is 3. The summed E-state index contributed by atoms with van der Waals surface area (Å²) in [4.78, 5) is 12.3. The number of hydrogen-bond acceptors (Lipinski definition) is 6. The minimum absolute atomic E-state index is 0.0158. The van der Waals surface area contributed by atoms with E-state index in [0.717, 1.165) is 6.07 Å². The number of benzene rings is 2. The summed E-state index contributed by atoms with van der Waals surface area (Å²) < 4.78 is 72.5. The van der Waals surface area contributed by atoms with Crippen LogP contribution in [0.25, 0.3) is 0 Å². The molecule has 12 heteroatoms. The van der Waals surface area contributed by atoms with Crippen molar-refractivity contribution >= 4 is 33.0 Å². The first-order chi connectivity index (χ1) is 16.4. The maximum Gasteiger partial charge on any atom is 0.255 e. The van der Waals surface area contributed by atoms with Crippen molar-refractivity contribution in [1.29, 1.82) is 0 Å². The van der Waals surface area contributed by atoms with Crippen LogP contribution >= 0.6 is 11.6 Å². The van der Waals surface area contributed by atoms with Crippen LogP contribution in [0.2, 0.25) is 5.02 Å². The Kier molecular flexibility index (Phi) is 6.93. The summed E-state index contributed by atoms with van der Waals surface area (Å²) in [6.45, 7) is -0.144. The Morgan fingerprint density at radius 1 is 1.20 bits per heavy atom. The molecule has 2 aliphatic rings. The first-order valence-corrected chi connectivity index (χ1v) is 12.7. The number of nitrogens with one attached hydrogen (secondary N) is 1. The van der Waals surface area contributed by atoms with Crippen molar-refractivity contribution in [2.75, 3.05) is 19.0 Å². The Morgan fingerprint density at radius 2 is 1.86 bits per heavy atom. The second kappa shape index (κ2) is 9.36. The van der Waals surface area contributed by atoms with Crippen molar-refractivity contribution in [3.05, 3.63) is 58.4 Å². The predicted octanol–water partition coefficient (Wildman–Crippen LogP) is 3.32. The second-order valence-electron chi connectivity index (χ2n) is 9.05. The number of halogens is 4. The molecule has 2 aromatic carbocycles. The van der Waals surface area contributed by atoms with Crippen LogP contribution in [-0.4, -0.2) is 55.2 Å². The van der Waals surface area contributed by atoms with Crippen molar-refractivity contribution in [1.82, 2.24) is 0 Å². The van der Waals surface area contributed by atoms with Crippen LogP contribution in [0, 0.1) is 29.3 Å². The number of fused-ring (bicyclic) bond motifs is 2. The molecule has 2 bridgehead atoms. The number of rotatable bonds is 6. The molecule has 7 nitrogen and oxygen atoms in total. The molecule has 0 radical (unpaired) electrons. The third-order valence-electron chi connectivity index (χ3n) is 6.82. The van der Waals surface area contributed by atoms with E-state index < -0.39 is 62.0 Å². The fourth-order valence-corrected chi connectivity index (χ4v) is 8.18. The number of ether oxygens (including phenoxy) is 1. The zero-order valence-corrected chi connectivity index (χ0v) is 20.0. The smallest absolute Gasteiger partial charge is 0.255 e. The molecule has 0 aromatic heterocycles. The lowest BCUT2D eigenvalue weighted by Crippen LogP contribution is -2.58. The van der Waals surface area contributed by atoms with Crippen LogP contribution in [-0.2, 0) is 14.6 Å². The third-order valence-corrected chi connectivity index (χ3v) is 9.67. The maximum absolute atomic E-state index is 13.7. The number of carbonyl (C=O) groups excluding carboxylic acids is 1. The monoisotopic (exact) mass is 533 g/mol. The molecule has 0 saturated heterocycles. The van der Waals surface area contributed by atoms with Crippen LogP contribution in [0.15, 0.2) is 35.2 Å². The van der Waals surface area contributed by atoms with Gasteiger partial charge in [0.05, 0.1) is 27.9 Å². The lowest BCUT2D eigenvalue weighted by atomic mass is 9.75. The molecule has 1 amide bonds. The minimum Gasteiger partial charge on any atom is -0.390 e. The lowest BCUT2D eigenvalue weighted by Gasteiger charge is -2.44. The predicted molar refractivity (Wildman–Crippen MR) is 120 cm³/mol. The highest BCUT2D eigenvalue weighted by Gasteiger charge is 2.59. The van der Waals surface area contributed by atoms with Gasteiger partial charge < -0.3 is 20.3 Å². The zero-order chi connectivity index (χ0) is 25.7. The Labute approximate surface area is 204 Å². The molecular formula is C23H23ClF3NO6S. The summed E-state index contributed by atoms with van der Waals surface area (Å²) in [6, 6.07) is 4.66. The van der Waals surface area contributed by atoms with Gasteiger partial charge in [0.15, 0.2) is 27.3 Å². The first kappa shape index (κ1) is 25.9. The summed E-state index contributed by atoms with van der Waals surface area (Å²) in [7, 11) is -2.79. The number of aliphatic hydroxyl groups excluding tert-OH is 1. The van der Waals surface area contributed by atoms with Gasteiger partial charge >= 0.3 is 0 Å². The fourth-order valence-electron chi connectivity index (χ4n) is 5.33. The summed E-state index contributed by atoms with van der Waals surface area (Å²) >= 11 is 6.20. The van der Waals surface area contributed by atoms with Gasteiger partial charge in [0.25, 0.3) is 5.91 Å². The Hall–Kier alpha value is -2.18. The van der Waals surface area contributed by atoms with Gasteiger partial charge in [-0.25, -0.2) is 21.6 Å². The van der Waals surface area contributed by atoms with E-state index in [1.54, 1.807) is 0 Å². The van der Waals surface area contributed by atoms with Gasteiger partial charge in [-0.2, -0.15) is 0 Å². The van der Waals surface area contributed by atoms with Crippen LogP contribution in [0.1, 0.15) is 29.6 Å². The van der Waals surface area contributed by atoms with Crippen LogP contribution in [0.3, 0.4) is 0 Å². The van der Waals surface area contributed by atoms with Crippen molar-refractivity contribution in [2.45, 2.75) is 41.1 Å². The molecule has 2 saturated carbocycles. The van der Waals surface area contributed by atoms with E-state index in [1.807, 2.05) is 0 Å². The molecule has 2 aliphatic carbocycles. The number of carbonyl (C=O) groups is 1. The maximum atomic E-state index is 13.7. The SMILES string of the molecule is COC[C@]1(O)CC2CC[C@@H](C1O)[C@H]2S(=O)(=O)c1cc(C(=O)Nc2cc(F)c(F)c(F)c2)ccc1Cl. The first-order valence-electron chi connectivity index (χ1n) is 10.8. The Morgan fingerprint density at radius 3 is 2.49 bits per heavy atom. The topological polar surface area (TPSA) is 113 Å². The molecular weight excluding hydrogens is 511 g/mol. The summed E-state index contributed by atoms with van der Waals surface area (Å²) in [6.07, 6.45) is -0.477. The second-order valence-corrected chi connectivity index (χ2v) is 11.5. The van der Waals surface area contributed by atoms with Gasteiger partial charge in [-0.05, 0) is 43.4 Å². The normalized spacial score (nSPS) is 28.2. The van der Waals surface area contributed by atoms with Gasteiger partial charge in [-0.15, -0.1) is 0 Å². The zero-order valence-electron chi connectivity index (χ0n) is 18.5. The average Bonchev–Trinajstić information content (AvgIpc) is 3.15. The molecule has 0 spiro atoms. The van der Waals surface area contributed by atoms with E-state index in [9.17, 15) is 36.6 Å². The van der Waals surface area contributed by atoms with E-state index in [1.165, 1.54) is 19.2 Å². The van der Waals surface area contributed by atoms with Crippen molar-refractivity contribution in [2.24, 2.45) is 11.8 Å². The number of amides is 1. The largest absolute Gasteiger partial charge is 0.390 e. The van der Waals surface area contributed by atoms with Gasteiger partial charge in [-0.1, -0.05) is 11.6 Å². The van der Waals surface area contributed by atoms with Crippen molar-refractivity contribution < 1.29 is 41.3 Å². The standard InChI is InChI=1S/C23H23ClF3NO6S/c1-34-10-23(31)9-12-2-4-14(21(23)29)20(12)35(32,33)18-6-11(3-5-15(18)24)22(30)28-13-7-16(25)19(27)17(26)8-13/h3,5-8,12,14,20-21,29,31H,2,4,9-10H2,1H3,(H,28,30)/t12?,14-,20+,21?,23-/m1/s1. The van der Waals surface area contributed by atoms with Gasteiger partial charge in [0.1, 0.15) is 5.60 Å². The highest BCUT2D eigenvalue weighted by molar-refractivity contribution is 7.92. The summed E-state index contributed by atoms with van der Waals surface area (Å²) in [5.41, 5.74) is -2.10. The molecule has 0 heterocycles. The molecule has 4 rings (SSSR count). The molecule has 5 atom stereocenters. The summed E-state index contributed by atoms with van der Waals surface area (Å²) in [5.74, 6) is -6.82. The molecule has 0 aliphatic heterocycles. The van der Waals surface area contributed by atoms with Crippen LogP contribution in [0.5, 0.6) is 0 Å². The number of methoxy groups -OCH3 is 1. The lowest BCUT2D eigenvalue weighted by molar-refractivity contribution is -0.153. The molecule has 2 fully saturated rings. The van der Waals surface area contributed by atoms with E-state index in [2.05, 4.69) is 5.32 Å². The van der Waals surface area contributed by atoms with Crippen LogP contribution < -0.4 is 5.32 Å². The molecule has 3 N–H and O–H groups in total. The quantitative estimate of drug-likeness (QED) is 0.491. The third kappa shape index (κ3) is 4.55. The Bertz CT molecular complexity index is 1250. The highest BCUT2D eigenvalue weighted by atomic mass is 35.5. The molecule has 2 aromatic rings. The van der Waals surface area contributed by atoms with Crippen molar-refractivity contribution in [3.8, 4) is 0 Å². The van der Waals surface area contributed by atoms with E-state index in [0.29, 0.717) is 25.0 Å². The number of sulfone groups is 1. The highest BCUT2D eigenvalue weighted by Crippen LogP contribution is 2.51. The average molecular weight is 534 g/mol. The van der Waals surface area contributed by atoms with E-state index >= 15 is 0 Å². The number of anilines is 1. The number of aliphatic hydroxyl groups is 2.